The van der Waals surface area contributed by atoms with Gasteiger partial charge in [0.05, 0.1) is 10.8 Å². The normalized spacial score (nSPS) is 18.0. The van der Waals surface area contributed by atoms with E-state index < -0.39 is 10.0 Å². The monoisotopic (exact) mass is 411 g/mol. The topological polar surface area (TPSA) is 96.0 Å². The fourth-order valence-corrected chi connectivity index (χ4v) is 4.43. The zero-order valence-electron chi connectivity index (χ0n) is 16.8. The zero-order valence-corrected chi connectivity index (χ0v) is 17.7. The van der Waals surface area contributed by atoms with E-state index >= 15 is 0 Å². The van der Waals surface area contributed by atoms with Gasteiger partial charge in [-0.15, -0.1) is 0 Å². The number of carbonyl (C=O) groups excluding carboxylic acids is 2. The lowest BCUT2D eigenvalue weighted by Crippen LogP contribution is -2.46. The molecule has 2 amide bonds. The molecule has 0 radical (unpaired) electrons. The van der Waals surface area contributed by atoms with E-state index in [1.54, 1.807) is 14.1 Å². The minimum atomic E-state index is -3.70. The molecule has 1 aliphatic heterocycles. The summed E-state index contributed by atoms with van der Waals surface area (Å²) in [6.07, 6.45) is 1.32. The van der Waals surface area contributed by atoms with Crippen LogP contribution in [-0.2, 0) is 19.6 Å². The third-order valence-corrected chi connectivity index (χ3v) is 6.39. The Bertz CT molecular complexity index is 790. The van der Waals surface area contributed by atoms with Crippen LogP contribution in [0.1, 0.15) is 26.7 Å². The van der Waals surface area contributed by atoms with Crippen molar-refractivity contribution in [2.75, 3.05) is 33.8 Å². The van der Waals surface area contributed by atoms with Crippen LogP contribution in [0.3, 0.4) is 0 Å². The molecular weight excluding hydrogens is 382 g/mol. The van der Waals surface area contributed by atoms with E-state index in [2.05, 4.69) is 5.32 Å². The van der Waals surface area contributed by atoms with E-state index in [9.17, 15) is 18.0 Å². The van der Waals surface area contributed by atoms with Crippen LogP contribution in [0.5, 0.6) is 5.75 Å². The van der Waals surface area contributed by atoms with Crippen molar-refractivity contribution in [3.05, 3.63) is 24.3 Å². The fraction of sp³-hybridized carbons (Fsp3) is 0.579. The van der Waals surface area contributed by atoms with Crippen LogP contribution in [0.4, 0.5) is 0 Å². The Labute approximate surface area is 166 Å². The molecule has 0 aliphatic carbocycles. The first-order valence-corrected chi connectivity index (χ1v) is 10.8. The fourth-order valence-electron chi connectivity index (χ4n) is 2.91. The summed E-state index contributed by atoms with van der Waals surface area (Å²) in [6.45, 7) is 4.22. The molecule has 1 aromatic rings. The van der Waals surface area contributed by atoms with Gasteiger partial charge in [0.25, 0.3) is 5.91 Å². The first-order valence-electron chi connectivity index (χ1n) is 9.35. The molecule has 1 N–H and O–H groups in total. The van der Waals surface area contributed by atoms with Crippen molar-refractivity contribution >= 4 is 21.8 Å². The predicted molar refractivity (Wildman–Crippen MR) is 105 cm³/mol. The largest absolute Gasteiger partial charge is 0.484 e. The molecule has 28 heavy (non-hydrogen) atoms. The SMILES string of the molecule is CC(C)NC(=O)C1CCCN(S(=O)(=O)c2ccc(OCC(=O)N(C)C)cc2)C1. The van der Waals surface area contributed by atoms with Gasteiger partial charge in [-0.05, 0) is 51.0 Å². The molecule has 0 saturated carbocycles. The van der Waals surface area contributed by atoms with E-state index in [0.717, 1.165) is 0 Å². The Morgan fingerprint density at radius 2 is 1.89 bits per heavy atom. The molecule has 1 saturated heterocycles. The van der Waals surface area contributed by atoms with Gasteiger partial charge >= 0.3 is 0 Å². The molecule has 1 fully saturated rings. The summed E-state index contributed by atoms with van der Waals surface area (Å²) in [7, 11) is -0.429. The van der Waals surface area contributed by atoms with Crippen LogP contribution in [0.25, 0.3) is 0 Å². The highest BCUT2D eigenvalue weighted by atomic mass is 32.2. The minimum Gasteiger partial charge on any atom is -0.484 e. The molecule has 156 valence electrons. The van der Waals surface area contributed by atoms with Crippen LogP contribution in [0, 0.1) is 5.92 Å². The molecule has 9 heteroatoms. The van der Waals surface area contributed by atoms with Gasteiger partial charge in [-0.1, -0.05) is 0 Å². The number of nitrogens with zero attached hydrogens (tertiary/aromatic N) is 2. The van der Waals surface area contributed by atoms with Crippen LogP contribution < -0.4 is 10.1 Å². The third-order valence-electron chi connectivity index (χ3n) is 4.51. The summed E-state index contributed by atoms with van der Waals surface area (Å²) in [4.78, 5) is 25.4. The lowest BCUT2D eigenvalue weighted by molar-refractivity contribution is -0.130. The van der Waals surface area contributed by atoms with Crippen LogP contribution in [0.15, 0.2) is 29.2 Å². The van der Waals surface area contributed by atoms with E-state index in [-0.39, 0.29) is 41.8 Å². The maximum Gasteiger partial charge on any atom is 0.259 e. The highest BCUT2D eigenvalue weighted by Gasteiger charge is 2.33. The van der Waals surface area contributed by atoms with E-state index in [4.69, 9.17) is 4.74 Å². The van der Waals surface area contributed by atoms with Crippen LogP contribution in [-0.4, -0.2) is 69.3 Å². The summed E-state index contributed by atoms with van der Waals surface area (Å²) in [5.41, 5.74) is 0. The molecule has 1 aliphatic rings. The number of benzene rings is 1. The second-order valence-electron chi connectivity index (χ2n) is 7.41. The van der Waals surface area contributed by atoms with Gasteiger partial charge < -0.3 is 15.0 Å². The van der Waals surface area contributed by atoms with Gasteiger partial charge in [0.1, 0.15) is 5.75 Å². The summed E-state index contributed by atoms with van der Waals surface area (Å²) in [5.74, 6) is -0.215. The highest BCUT2D eigenvalue weighted by molar-refractivity contribution is 7.89. The predicted octanol–water partition coefficient (Wildman–Crippen LogP) is 1.08. The molecule has 0 aromatic heterocycles. The molecule has 0 bridgehead atoms. The maximum absolute atomic E-state index is 12.9. The van der Waals surface area contributed by atoms with Crippen molar-refractivity contribution in [1.29, 1.82) is 0 Å². The number of rotatable bonds is 7. The second kappa shape index (κ2) is 9.38. The average Bonchev–Trinajstić information content (AvgIpc) is 2.65. The number of likely N-dealkylation sites (N-methyl/N-ethyl adjacent to an activating group) is 1. The molecule has 1 heterocycles. The van der Waals surface area contributed by atoms with Crippen molar-refractivity contribution in [2.24, 2.45) is 5.92 Å². The Hall–Kier alpha value is -2.13. The zero-order chi connectivity index (χ0) is 20.9. The average molecular weight is 412 g/mol. The van der Waals surface area contributed by atoms with Crippen molar-refractivity contribution in [2.45, 2.75) is 37.6 Å². The van der Waals surface area contributed by atoms with Gasteiger partial charge in [-0.2, -0.15) is 4.31 Å². The molecular formula is C19H29N3O5S. The second-order valence-corrected chi connectivity index (χ2v) is 9.35. The van der Waals surface area contributed by atoms with E-state index in [0.29, 0.717) is 25.1 Å². The Morgan fingerprint density at radius 3 is 2.46 bits per heavy atom. The van der Waals surface area contributed by atoms with E-state index in [1.807, 2.05) is 13.8 Å². The van der Waals surface area contributed by atoms with Gasteiger partial charge in [0, 0.05) is 33.2 Å². The maximum atomic E-state index is 12.9. The van der Waals surface area contributed by atoms with Gasteiger partial charge in [-0.25, -0.2) is 8.42 Å². The number of hydrogen-bond donors (Lipinski definition) is 1. The summed E-state index contributed by atoms with van der Waals surface area (Å²) in [6, 6.07) is 6.00. The molecule has 1 atom stereocenters. The van der Waals surface area contributed by atoms with Gasteiger partial charge in [0.15, 0.2) is 6.61 Å². The van der Waals surface area contributed by atoms with Crippen molar-refractivity contribution in [3.63, 3.8) is 0 Å². The van der Waals surface area contributed by atoms with Crippen molar-refractivity contribution < 1.29 is 22.7 Å². The van der Waals surface area contributed by atoms with Crippen LogP contribution >= 0.6 is 0 Å². The third kappa shape index (κ3) is 5.68. The number of piperidine rings is 1. The minimum absolute atomic E-state index is 0.0198. The molecule has 0 spiro atoms. The first-order chi connectivity index (χ1) is 13.1. The standard InChI is InChI=1S/C19H29N3O5S/c1-14(2)20-19(24)15-6-5-11-22(12-15)28(25,26)17-9-7-16(8-10-17)27-13-18(23)21(3)4/h7-10,14-15H,5-6,11-13H2,1-4H3,(H,20,24). The first kappa shape index (κ1) is 22.2. The number of sulfonamides is 1. The number of ether oxygens (including phenoxy) is 1. The molecule has 2 rings (SSSR count). The number of carbonyl (C=O) groups is 2. The summed E-state index contributed by atoms with van der Waals surface area (Å²) < 4.78 is 32.6. The Morgan fingerprint density at radius 1 is 1.25 bits per heavy atom. The smallest absolute Gasteiger partial charge is 0.259 e. The Balaban J connectivity index is 2.05. The molecule has 1 aromatic carbocycles. The lowest BCUT2D eigenvalue weighted by atomic mass is 9.98. The summed E-state index contributed by atoms with van der Waals surface area (Å²) >= 11 is 0. The van der Waals surface area contributed by atoms with E-state index in [1.165, 1.54) is 33.5 Å². The lowest BCUT2D eigenvalue weighted by Gasteiger charge is -2.31. The molecule has 8 nitrogen and oxygen atoms in total. The number of hydrogen-bond acceptors (Lipinski definition) is 5. The Kier molecular flexibility index (Phi) is 7.42. The van der Waals surface area contributed by atoms with Gasteiger partial charge in [-0.3, -0.25) is 9.59 Å². The summed E-state index contributed by atoms with van der Waals surface area (Å²) in [5, 5.41) is 2.85. The number of nitrogens with one attached hydrogen (secondary N) is 1. The van der Waals surface area contributed by atoms with Crippen LogP contribution in [0.2, 0.25) is 0 Å². The quantitative estimate of drug-likeness (QED) is 0.724. The number of amides is 2. The molecule has 1 unspecified atom stereocenters. The van der Waals surface area contributed by atoms with Crippen molar-refractivity contribution in [3.8, 4) is 5.75 Å². The van der Waals surface area contributed by atoms with Crippen molar-refractivity contribution in [1.82, 2.24) is 14.5 Å². The van der Waals surface area contributed by atoms with Gasteiger partial charge in [0.2, 0.25) is 15.9 Å². The highest BCUT2D eigenvalue weighted by Crippen LogP contribution is 2.25.